The lowest BCUT2D eigenvalue weighted by Gasteiger charge is -2.21. The molecule has 15 heavy (non-hydrogen) atoms. The first kappa shape index (κ1) is 11.3. The van der Waals surface area contributed by atoms with Crippen molar-refractivity contribution in [3.63, 3.8) is 0 Å². The van der Waals surface area contributed by atoms with Crippen LogP contribution in [0.4, 0.5) is 0 Å². The molecule has 5 nitrogen and oxygen atoms in total. The summed E-state index contributed by atoms with van der Waals surface area (Å²) in [6.45, 7) is 8.64. The first-order valence-corrected chi connectivity index (χ1v) is 5.26. The largest absolute Gasteiger partial charge is 0.346 e. The third kappa shape index (κ3) is 2.89. The quantitative estimate of drug-likeness (QED) is 0.741. The summed E-state index contributed by atoms with van der Waals surface area (Å²) in [6, 6.07) is 0. The van der Waals surface area contributed by atoms with Crippen LogP contribution in [0.1, 0.15) is 27.7 Å². The fraction of sp³-hybridized carbons (Fsp3) is 1.00. The van der Waals surface area contributed by atoms with Crippen LogP contribution in [0, 0.1) is 0 Å². The van der Waals surface area contributed by atoms with Gasteiger partial charge in [0, 0.05) is 0 Å². The second-order valence-electron chi connectivity index (χ2n) is 4.80. The standard InChI is InChI=1S/C10H19NO4/c1-9(2)12-5-7(14-9)11-8-6-13-10(3,4)15-8/h7-8,11H,5-6H2,1-4H3. The van der Waals surface area contributed by atoms with Gasteiger partial charge in [-0.1, -0.05) is 0 Å². The van der Waals surface area contributed by atoms with Crippen molar-refractivity contribution in [2.45, 2.75) is 51.7 Å². The molecule has 2 unspecified atom stereocenters. The van der Waals surface area contributed by atoms with Gasteiger partial charge in [0.25, 0.3) is 0 Å². The van der Waals surface area contributed by atoms with Gasteiger partial charge in [-0.05, 0) is 27.7 Å². The number of ether oxygens (including phenoxy) is 4. The molecule has 0 bridgehead atoms. The number of hydrogen-bond acceptors (Lipinski definition) is 5. The van der Waals surface area contributed by atoms with Crippen LogP contribution in [0.15, 0.2) is 0 Å². The Balaban J connectivity index is 1.80. The summed E-state index contributed by atoms with van der Waals surface area (Å²) in [4.78, 5) is 0. The van der Waals surface area contributed by atoms with Crippen LogP contribution in [0.25, 0.3) is 0 Å². The highest BCUT2D eigenvalue weighted by Gasteiger charge is 2.38. The molecule has 0 radical (unpaired) electrons. The minimum atomic E-state index is -0.507. The molecule has 0 aromatic carbocycles. The zero-order chi connectivity index (χ0) is 11.1. The summed E-state index contributed by atoms with van der Waals surface area (Å²) in [5.41, 5.74) is 0. The minimum absolute atomic E-state index is 0.123. The lowest BCUT2D eigenvalue weighted by molar-refractivity contribution is -0.160. The summed E-state index contributed by atoms with van der Waals surface area (Å²) < 4.78 is 22.1. The normalized spacial score (nSPS) is 38.4. The molecule has 0 saturated carbocycles. The van der Waals surface area contributed by atoms with Crippen LogP contribution < -0.4 is 5.32 Å². The van der Waals surface area contributed by atoms with E-state index in [0.717, 1.165) is 0 Å². The highest BCUT2D eigenvalue weighted by Crippen LogP contribution is 2.24. The second-order valence-corrected chi connectivity index (χ2v) is 4.80. The van der Waals surface area contributed by atoms with Crippen LogP contribution in [-0.2, 0) is 18.9 Å². The van der Waals surface area contributed by atoms with E-state index in [0.29, 0.717) is 13.2 Å². The summed E-state index contributed by atoms with van der Waals surface area (Å²) in [6.07, 6.45) is -0.245. The van der Waals surface area contributed by atoms with Crippen molar-refractivity contribution in [2.24, 2.45) is 0 Å². The van der Waals surface area contributed by atoms with Gasteiger partial charge in [-0.2, -0.15) is 0 Å². The van der Waals surface area contributed by atoms with Gasteiger partial charge in [0.05, 0.1) is 13.2 Å². The fourth-order valence-corrected chi connectivity index (χ4v) is 1.75. The number of nitrogens with one attached hydrogen (secondary N) is 1. The molecule has 0 aromatic heterocycles. The first-order valence-electron chi connectivity index (χ1n) is 5.26. The molecule has 2 aliphatic rings. The Morgan fingerprint density at radius 3 is 1.53 bits per heavy atom. The monoisotopic (exact) mass is 217 g/mol. The third-order valence-corrected chi connectivity index (χ3v) is 2.39. The lowest BCUT2D eigenvalue weighted by Crippen LogP contribution is -2.42. The van der Waals surface area contributed by atoms with Gasteiger partial charge in [0.15, 0.2) is 11.6 Å². The van der Waals surface area contributed by atoms with Crippen molar-refractivity contribution in [3.05, 3.63) is 0 Å². The van der Waals surface area contributed by atoms with Gasteiger partial charge in [-0.3, -0.25) is 5.32 Å². The molecule has 88 valence electrons. The Morgan fingerprint density at radius 1 is 0.867 bits per heavy atom. The highest BCUT2D eigenvalue weighted by molar-refractivity contribution is 4.75. The van der Waals surface area contributed by atoms with Crippen molar-refractivity contribution < 1.29 is 18.9 Å². The average molecular weight is 217 g/mol. The molecule has 2 fully saturated rings. The smallest absolute Gasteiger partial charge is 0.165 e. The topological polar surface area (TPSA) is 49.0 Å². The van der Waals surface area contributed by atoms with E-state index in [1.807, 2.05) is 27.7 Å². The van der Waals surface area contributed by atoms with Crippen molar-refractivity contribution in [3.8, 4) is 0 Å². The average Bonchev–Trinajstić information content (AvgIpc) is 2.56. The molecule has 2 saturated heterocycles. The summed E-state index contributed by atoms with van der Waals surface area (Å²) >= 11 is 0. The zero-order valence-electron chi connectivity index (χ0n) is 9.70. The molecule has 5 heteroatoms. The van der Waals surface area contributed by atoms with E-state index < -0.39 is 11.6 Å². The van der Waals surface area contributed by atoms with Gasteiger partial charge in [0.2, 0.25) is 0 Å². The maximum Gasteiger partial charge on any atom is 0.165 e. The van der Waals surface area contributed by atoms with Crippen molar-refractivity contribution in [2.75, 3.05) is 13.2 Å². The summed E-state index contributed by atoms with van der Waals surface area (Å²) in [7, 11) is 0. The predicted octanol–water partition coefficient (Wildman–Crippen LogP) is 0.794. The Morgan fingerprint density at radius 2 is 1.27 bits per heavy atom. The fourth-order valence-electron chi connectivity index (χ4n) is 1.75. The van der Waals surface area contributed by atoms with E-state index in [1.54, 1.807) is 0 Å². The summed E-state index contributed by atoms with van der Waals surface area (Å²) in [5.74, 6) is -1.01. The third-order valence-electron chi connectivity index (χ3n) is 2.39. The van der Waals surface area contributed by atoms with Gasteiger partial charge in [-0.15, -0.1) is 0 Å². The maximum atomic E-state index is 5.61. The highest BCUT2D eigenvalue weighted by atomic mass is 16.8. The molecule has 2 aliphatic heterocycles. The minimum Gasteiger partial charge on any atom is -0.346 e. The molecular formula is C10H19NO4. The number of hydrogen-bond donors (Lipinski definition) is 1. The molecular weight excluding hydrogens is 198 g/mol. The van der Waals surface area contributed by atoms with Crippen LogP contribution in [-0.4, -0.2) is 37.2 Å². The SMILES string of the molecule is CC1(C)OCC(NC2COC(C)(C)O2)O1. The molecule has 0 aromatic rings. The van der Waals surface area contributed by atoms with Crippen LogP contribution in [0.5, 0.6) is 0 Å². The second kappa shape index (κ2) is 3.68. The molecule has 0 aliphatic carbocycles. The van der Waals surface area contributed by atoms with E-state index in [1.165, 1.54) is 0 Å². The Kier molecular flexibility index (Phi) is 2.77. The maximum absolute atomic E-state index is 5.61. The molecule has 0 amide bonds. The number of rotatable bonds is 2. The van der Waals surface area contributed by atoms with E-state index in [2.05, 4.69) is 5.32 Å². The van der Waals surface area contributed by atoms with Crippen LogP contribution in [0.3, 0.4) is 0 Å². The zero-order valence-corrected chi connectivity index (χ0v) is 9.70. The van der Waals surface area contributed by atoms with Gasteiger partial charge < -0.3 is 18.9 Å². The molecule has 2 rings (SSSR count). The van der Waals surface area contributed by atoms with Gasteiger partial charge in [-0.25, -0.2) is 0 Å². The Labute approximate surface area is 90.0 Å². The molecule has 0 spiro atoms. The van der Waals surface area contributed by atoms with Gasteiger partial charge >= 0.3 is 0 Å². The molecule has 2 atom stereocenters. The van der Waals surface area contributed by atoms with E-state index >= 15 is 0 Å². The predicted molar refractivity (Wildman–Crippen MR) is 52.9 cm³/mol. The molecule has 1 N–H and O–H groups in total. The van der Waals surface area contributed by atoms with E-state index in [-0.39, 0.29) is 12.5 Å². The van der Waals surface area contributed by atoms with Gasteiger partial charge in [0.1, 0.15) is 12.5 Å². The van der Waals surface area contributed by atoms with Crippen molar-refractivity contribution in [1.82, 2.24) is 5.32 Å². The Bertz CT molecular complexity index is 218. The van der Waals surface area contributed by atoms with E-state index in [9.17, 15) is 0 Å². The van der Waals surface area contributed by atoms with Crippen LogP contribution >= 0.6 is 0 Å². The first-order chi connectivity index (χ1) is 6.86. The lowest BCUT2D eigenvalue weighted by atomic mass is 10.4. The van der Waals surface area contributed by atoms with Crippen molar-refractivity contribution >= 4 is 0 Å². The van der Waals surface area contributed by atoms with E-state index in [4.69, 9.17) is 18.9 Å². The van der Waals surface area contributed by atoms with Crippen LogP contribution in [0.2, 0.25) is 0 Å². The Hall–Kier alpha value is -0.200. The molecule has 2 heterocycles. The summed E-state index contributed by atoms with van der Waals surface area (Å²) in [5, 5.41) is 3.19. The van der Waals surface area contributed by atoms with Crippen molar-refractivity contribution in [1.29, 1.82) is 0 Å².